The van der Waals surface area contributed by atoms with Crippen molar-refractivity contribution in [2.75, 3.05) is 25.6 Å². The minimum atomic E-state index is -1.11. The fraction of sp³-hybridized carbons (Fsp3) is 0.429. The summed E-state index contributed by atoms with van der Waals surface area (Å²) in [4.78, 5) is 22.2. The molecule has 1 aromatic rings. The highest BCUT2D eigenvalue weighted by atomic mass is 16.5. The van der Waals surface area contributed by atoms with Crippen molar-refractivity contribution in [3.8, 4) is 0 Å². The topological polar surface area (TPSA) is 111 Å². The molecule has 1 aromatic carbocycles. The number of hydrogen-bond donors (Lipinski definition) is 3. The minimum Gasteiger partial charge on any atom is -0.481 e. The van der Waals surface area contributed by atoms with Gasteiger partial charge in [-0.15, -0.1) is 0 Å². The van der Waals surface area contributed by atoms with Crippen LogP contribution in [-0.4, -0.2) is 43.3 Å². The van der Waals surface area contributed by atoms with E-state index >= 15 is 0 Å². The quantitative estimate of drug-likeness (QED) is 0.575. The minimum absolute atomic E-state index is 0.397. The molecule has 0 fully saturated rings. The number of nitrogens with two attached hydrogens (primary N) is 1. The van der Waals surface area contributed by atoms with Crippen LogP contribution in [0.1, 0.15) is 12.0 Å². The van der Waals surface area contributed by atoms with Crippen LogP contribution in [0, 0.1) is 0 Å². The second-order valence-electron chi connectivity index (χ2n) is 4.44. The molecule has 0 spiro atoms. The van der Waals surface area contributed by atoms with Gasteiger partial charge in [-0.1, -0.05) is 12.1 Å². The first-order valence-electron chi connectivity index (χ1n) is 6.46. The Morgan fingerprint density at radius 2 is 2.14 bits per heavy atom. The molecule has 0 aromatic heterocycles. The number of aliphatic carboxylic acids is 1. The Bertz CT molecular complexity index is 478. The molecule has 0 aliphatic heterocycles. The molecule has 4 N–H and O–H groups in total. The highest BCUT2D eigenvalue weighted by Crippen LogP contribution is 2.12. The van der Waals surface area contributed by atoms with Crippen LogP contribution < -0.4 is 11.1 Å². The summed E-state index contributed by atoms with van der Waals surface area (Å²) >= 11 is 0. The van der Waals surface area contributed by atoms with E-state index in [9.17, 15) is 9.59 Å². The van der Waals surface area contributed by atoms with Crippen LogP contribution in [0.25, 0.3) is 0 Å². The van der Waals surface area contributed by atoms with Crippen LogP contribution in [0.15, 0.2) is 24.3 Å². The number of ether oxygens (including phenoxy) is 2. The summed E-state index contributed by atoms with van der Waals surface area (Å²) in [6.45, 7) is 1.39. The average Bonchev–Trinajstić information content (AvgIpc) is 2.43. The van der Waals surface area contributed by atoms with E-state index in [0.29, 0.717) is 25.5 Å². The van der Waals surface area contributed by atoms with Gasteiger partial charge < -0.3 is 25.6 Å². The van der Waals surface area contributed by atoms with Crippen molar-refractivity contribution < 1.29 is 24.2 Å². The van der Waals surface area contributed by atoms with Gasteiger partial charge in [-0.2, -0.15) is 0 Å². The van der Waals surface area contributed by atoms with Crippen molar-refractivity contribution in [3.05, 3.63) is 29.8 Å². The molecule has 7 heteroatoms. The molecule has 21 heavy (non-hydrogen) atoms. The van der Waals surface area contributed by atoms with Crippen molar-refractivity contribution in [3.63, 3.8) is 0 Å². The Labute approximate surface area is 123 Å². The molecule has 1 amide bonds. The SMILES string of the molecule is COCCOCc1cccc(NC(=O)C(N)CC(=O)O)c1. The first-order chi connectivity index (χ1) is 10.0. The third-order valence-corrected chi connectivity index (χ3v) is 2.63. The van der Waals surface area contributed by atoms with Gasteiger partial charge >= 0.3 is 5.97 Å². The van der Waals surface area contributed by atoms with E-state index in [1.807, 2.05) is 6.07 Å². The van der Waals surface area contributed by atoms with Crippen molar-refractivity contribution >= 4 is 17.6 Å². The zero-order chi connectivity index (χ0) is 15.7. The lowest BCUT2D eigenvalue weighted by Gasteiger charge is -2.11. The van der Waals surface area contributed by atoms with Gasteiger partial charge in [0.05, 0.1) is 32.3 Å². The summed E-state index contributed by atoms with van der Waals surface area (Å²) in [7, 11) is 1.60. The lowest BCUT2D eigenvalue weighted by atomic mass is 10.2. The molecule has 1 atom stereocenters. The maximum absolute atomic E-state index is 11.7. The normalized spacial score (nSPS) is 11.9. The summed E-state index contributed by atoms with van der Waals surface area (Å²) in [5, 5.41) is 11.2. The second-order valence-corrected chi connectivity index (χ2v) is 4.44. The van der Waals surface area contributed by atoms with Gasteiger partial charge in [-0.3, -0.25) is 9.59 Å². The largest absolute Gasteiger partial charge is 0.481 e. The van der Waals surface area contributed by atoms with Crippen LogP contribution in [0.2, 0.25) is 0 Å². The van der Waals surface area contributed by atoms with Gasteiger partial charge in [0.1, 0.15) is 0 Å². The maximum Gasteiger partial charge on any atom is 0.305 e. The summed E-state index contributed by atoms with van der Waals surface area (Å²) in [5.74, 6) is -1.65. The molecule has 0 aliphatic rings. The van der Waals surface area contributed by atoms with Gasteiger partial charge in [-0.05, 0) is 17.7 Å². The number of anilines is 1. The van der Waals surface area contributed by atoms with E-state index in [-0.39, 0.29) is 0 Å². The Hall–Kier alpha value is -1.96. The molecule has 1 rings (SSSR count). The van der Waals surface area contributed by atoms with E-state index in [2.05, 4.69) is 5.32 Å². The molecule has 116 valence electrons. The summed E-state index contributed by atoms with van der Waals surface area (Å²) in [5.41, 5.74) is 6.92. The number of nitrogens with one attached hydrogen (secondary N) is 1. The maximum atomic E-state index is 11.7. The zero-order valence-electron chi connectivity index (χ0n) is 11.9. The third kappa shape index (κ3) is 6.84. The van der Waals surface area contributed by atoms with E-state index in [1.165, 1.54) is 0 Å². The van der Waals surface area contributed by atoms with E-state index < -0.39 is 24.3 Å². The Morgan fingerprint density at radius 3 is 2.81 bits per heavy atom. The number of carboxylic acids is 1. The Kier molecular flexibility index (Phi) is 7.38. The third-order valence-electron chi connectivity index (χ3n) is 2.63. The van der Waals surface area contributed by atoms with Gasteiger partial charge in [0.25, 0.3) is 0 Å². The summed E-state index contributed by atoms with van der Waals surface area (Å²) < 4.78 is 10.3. The van der Waals surface area contributed by atoms with Crippen LogP contribution in [0.3, 0.4) is 0 Å². The van der Waals surface area contributed by atoms with Gasteiger partial charge in [0.2, 0.25) is 5.91 Å². The molecule has 7 nitrogen and oxygen atoms in total. The molecule has 0 radical (unpaired) electrons. The average molecular weight is 296 g/mol. The highest BCUT2D eigenvalue weighted by molar-refractivity contribution is 5.96. The molecule has 0 saturated heterocycles. The van der Waals surface area contributed by atoms with Crippen LogP contribution >= 0.6 is 0 Å². The molecule has 0 heterocycles. The number of amides is 1. The van der Waals surface area contributed by atoms with Crippen molar-refractivity contribution in [1.82, 2.24) is 0 Å². The number of hydrogen-bond acceptors (Lipinski definition) is 5. The van der Waals surface area contributed by atoms with Gasteiger partial charge in [-0.25, -0.2) is 0 Å². The van der Waals surface area contributed by atoms with Gasteiger partial charge in [0, 0.05) is 12.8 Å². The van der Waals surface area contributed by atoms with Crippen LogP contribution in [0.5, 0.6) is 0 Å². The van der Waals surface area contributed by atoms with Crippen molar-refractivity contribution in [1.29, 1.82) is 0 Å². The van der Waals surface area contributed by atoms with E-state index in [0.717, 1.165) is 5.56 Å². The molecular formula is C14H20N2O5. The van der Waals surface area contributed by atoms with E-state index in [4.69, 9.17) is 20.3 Å². The summed E-state index contributed by atoms with van der Waals surface area (Å²) in [6, 6.07) is 6.00. The molecule has 0 saturated carbocycles. The second kappa shape index (κ2) is 9.06. The molecular weight excluding hydrogens is 276 g/mol. The van der Waals surface area contributed by atoms with Crippen molar-refractivity contribution in [2.24, 2.45) is 5.73 Å². The Balaban J connectivity index is 2.51. The number of benzene rings is 1. The van der Waals surface area contributed by atoms with Crippen LogP contribution in [0.4, 0.5) is 5.69 Å². The van der Waals surface area contributed by atoms with Crippen molar-refractivity contribution in [2.45, 2.75) is 19.1 Å². The fourth-order valence-electron chi connectivity index (χ4n) is 1.59. The van der Waals surface area contributed by atoms with Gasteiger partial charge in [0.15, 0.2) is 0 Å². The molecule has 0 aliphatic carbocycles. The highest BCUT2D eigenvalue weighted by Gasteiger charge is 2.17. The number of carbonyl (C=O) groups excluding carboxylic acids is 1. The number of carbonyl (C=O) groups is 2. The zero-order valence-corrected chi connectivity index (χ0v) is 11.9. The predicted octanol–water partition coefficient (Wildman–Crippen LogP) is 0.590. The molecule has 1 unspecified atom stereocenters. The number of methoxy groups -OCH3 is 1. The monoisotopic (exact) mass is 296 g/mol. The summed E-state index contributed by atoms with van der Waals surface area (Å²) in [6.07, 6.45) is -0.411. The van der Waals surface area contributed by atoms with Crippen LogP contribution in [-0.2, 0) is 25.7 Å². The Morgan fingerprint density at radius 1 is 1.38 bits per heavy atom. The standard InChI is InChI=1S/C14H20N2O5/c1-20-5-6-21-9-10-3-2-4-11(7-10)16-14(19)12(15)8-13(17)18/h2-4,7,12H,5-6,8-9,15H2,1H3,(H,16,19)(H,17,18). The predicted molar refractivity (Wildman–Crippen MR) is 76.8 cm³/mol. The lowest BCUT2D eigenvalue weighted by Crippen LogP contribution is -2.37. The number of carboxylic acid groups (broad SMARTS) is 1. The van der Waals surface area contributed by atoms with E-state index in [1.54, 1.807) is 25.3 Å². The molecule has 0 bridgehead atoms. The number of rotatable bonds is 9. The lowest BCUT2D eigenvalue weighted by molar-refractivity contribution is -0.138. The smallest absolute Gasteiger partial charge is 0.305 e. The first-order valence-corrected chi connectivity index (χ1v) is 6.46. The first kappa shape index (κ1) is 17.1. The fourth-order valence-corrected chi connectivity index (χ4v) is 1.59.